The quantitative estimate of drug-likeness (QED) is 0.772. The minimum absolute atomic E-state index is 0.157. The Morgan fingerprint density at radius 2 is 2.05 bits per heavy atom. The summed E-state index contributed by atoms with van der Waals surface area (Å²) in [7, 11) is 2.11. The molecular formula is C15H19FN2O. The van der Waals surface area contributed by atoms with Gasteiger partial charge in [0.15, 0.2) is 0 Å². The molecule has 0 radical (unpaired) electrons. The van der Waals surface area contributed by atoms with Crippen LogP contribution < -0.4 is 0 Å². The highest BCUT2D eigenvalue weighted by Crippen LogP contribution is 2.39. The van der Waals surface area contributed by atoms with Crippen LogP contribution in [0.1, 0.15) is 22.3 Å². The van der Waals surface area contributed by atoms with Gasteiger partial charge in [0.1, 0.15) is 5.82 Å². The summed E-state index contributed by atoms with van der Waals surface area (Å²) in [4.78, 5) is 16.4. The number of carbonyl (C=O) groups excluding carboxylic acids is 1. The third-order valence-corrected chi connectivity index (χ3v) is 4.40. The number of carbonyl (C=O) groups is 1. The summed E-state index contributed by atoms with van der Waals surface area (Å²) < 4.78 is 13.8. The maximum atomic E-state index is 13.8. The van der Waals surface area contributed by atoms with Crippen molar-refractivity contribution in [2.75, 3.05) is 33.2 Å². The number of benzene rings is 1. The highest BCUT2D eigenvalue weighted by molar-refractivity contribution is 5.96. The summed E-state index contributed by atoms with van der Waals surface area (Å²) in [5.74, 6) is -0.565. The second-order valence-electron chi connectivity index (χ2n) is 6.08. The summed E-state index contributed by atoms with van der Waals surface area (Å²) in [6.45, 7) is 5.47. The van der Waals surface area contributed by atoms with Gasteiger partial charge in [-0.2, -0.15) is 0 Å². The zero-order valence-corrected chi connectivity index (χ0v) is 11.4. The maximum Gasteiger partial charge on any atom is 0.257 e. The van der Waals surface area contributed by atoms with Crippen molar-refractivity contribution in [2.45, 2.75) is 13.3 Å². The topological polar surface area (TPSA) is 23.6 Å². The van der Waals surface area contributed by atoms with E-state index in [1.165, 1.54) is 6.07 Å². The van der Waals surface area contributed by atoms with E-state index in [4.69, 9.17) is 0 Å². The van der Waals surface area contributed by atoms with Crippen molar-refractivity contribution in [3.63, 3.8) is 0 Å². The van der Waals surface area contributed by atoms with E-state index < -0.39 is 5.82 Å². The number of hydrogen-bond acceptors (Lipinski definition) is 2. The number of aryl methyl sites for hydroxylation is 1. The molecular weight excluding hydrogens is 243 g/mol. The minimum Gasteiger partial charge on any atom is -0.337 e. The third-order valence-electron chi connectivity index (χ3n) is 4.40. The molecule has 1 aromatic rings. The van der Waals surface area contributed by atoms with Crippen LogP contribution >= 0.6 is 0 Å². The van der Waals surface area contributed by atoms with Gasteiger partial charge in [-0.1, -0.05) is 12.1 Å². The standard InChI is InChI=1S/C15H19FN2O/c1-11-4-3-5-12(16)13(11)14(19)18-9-15(10-18)6-7-17(2)8-15/h3-5H,6-10H2,1-2H3. The molecule has 0 bridgehead atoms. The van der Waals surface area contributed by atoms with Crippen LogP contribution in [0.25, 0.3) is 0 Å². The fourth-order valence-electron chi connectivity index (χ4n) is 3.38. The molecule has 2 fully saturated rings. The highest BCUT2D eigenvalue weighted by Gasteiger charge is 2.48. The summed E-state index contributed by atoms with van der Waals surface area (Å²) in [5.41, 5.74) is 1.22. The van der Waals surface area contributed by atoms with E-state index in [-0.39, 0.29) is 16.9 Å². The fraction of sp³-hybridized carbons (Fsp3) is 0.533. The van der Waals surface area contributed by atoms with Crippen LogP contribution in [0.15, 0.2) is 18.2 Å². The summed E-state index contributed by atoms with van der Waals surface area (Å²) >= 11 is 0. The Hall–Kier alpha value is -1.42. The molecule has 0 aromatic heterocycles. The molecule has 3 nitrogen and oxygen atoms in total. The average Bonchev–Trinajstić information content (AvgIpc) is 2.69. The van der Waals surface area contributed by atoms with Crippen molar-refractivity contribution >= 4 is 5.91 Å². The van der Waals surface area contributed by atoms with E-state index in [1.807, 2.05) is 0 Å². The Bertz CT molecular complexity index is 503. The zero-order valence-electron chi connectivity index (χ0n) is 11.4. The van der Waals surface area contributed by atoms with Gasteiger partial charge in [-0.3, -0.25) is 4.79 Å². The molecule has 19 heavy (non-hydrogen) atoms. The van der Waals surface area contributed by atoms with Gasteiger partial charge < -0.3 is 9.80 Å². The van der Waals surface area contributed by atoms with Crippen molar-refractivity contribution < 1.29 is 9.18 Å². The number of likely N-dealkylation sites (tertiary alicyclic amines) is 2. The highest BCUT2D eigenvalue weighted by atomic mass is 19.1. The van der Waals surface area contributed by atoms with Gasteiger partial charge in [-0.25, -0.2) is 4.39 Å². The van der Waals surface area contributed by atoms with E-state index in [9.17, 15) is 9.18 Å². The van der Waals surface area contributed by atoms with E-state index in [2.05, 4.69) is 11.9 Å². The fourth-order valence-corrected chi connectivity index (χ4v) is 3.38. The van der Waals surface area contributed by atoms with Gasteiger partial charge in [0.25, 0.3) is 5.91 Å². The molecule has 2 aliphatic rings. The largest absolute Gasteiger partial charge is 0.337 e. The van der Waals surface area contributed by atoms with Gasteiger partial charge in [-0.15, -0.1) is 0 Å². The maximum absolute atomic E-state index is 13.8. The molecule has 1 amide bonds. The van der Waals surface area contributed by atoms with E-state index >= 15 is 0 Å². The average molecular weight is 262 g/mol. The number of nitrogens with zero attached hydrogens (tertiary/aromatic N) is 2. The first-order valence-electron chi connectivity index (χ1n) is 6.74. The van der Waals surface area contributed by atoms with Crippen LogP contribution in [0.5, 0.6) is 0 Å². The van der Waals surface area contributed by atoms with Gasteiger partial charge in [0, 0.05) is 25.0 Å². The second kappa shape index (κ2) is 4.30. The first-order valence-corrected chi connectivity index (χ1v) is 6.74. The van der Waals surface area contributed by atoms with Gasteiger partial charge >= 0.3 is 0 Å². The molecule has 2 heterocycles. The third kappa shape index (κ3) is 2.04. The lowest BCUT2D eigenvalue weighted by Crippen LogP contribution is -2.59. The molecule has 0 unspecified atom stereocenters. The molecule has 1 aromatic carbocycles. The van der Waals surface area contributed by atoms with Crippen molar-refractivity contribution in [3.8, 4) is 0 Å². The summed E-state index contributed by atoms with van der Waals surface area (Å²) in [6.07, 6.45) is 1.14. The molecule has 4 heteroatoms. The van der Waals surface area contributed by atoms with Crippen molar-refractivity contribution in [3.05, 3.63) is 35.1 Å². The van der Waals surface area contributed by atoms with Gasteiger partial charge in [-0.05, 0) is 38.6 Å². The molecule has 102 valence electrons. The number of rotatable bonds is 1. The van der Waals surface area contributed by atoms with Crippen molar-refractivity contribution in [1.29, 1.82) is 0 Å². The molecule has 3 rings (SSSR count). The SMILES string of the molecule is Cc1cccc(F)c1C(=O)N1CC2(CCN(C)C2)C1. The van der Waals surface area contributed by atoms with E-state index in [1.54, 1.807) is 24.0 Å². The molecule has 0 aliphatic carbocycles. The predicted molar refractivity (Wildman–Crippen MR) is 71.6 cm³/mol. The first kappa shape index (κ1) is 12.6. The normalized spacial score (nSPS) is 21.7. The van der Waals surface area contributed by atoms with E-state index in [0.29, 0.717) is 0 Å². The van der Waals surface area contributed by atoms with Crippen LogP contribution in [0.2, 0.25) is 0 Å². The lowest BCUT2D eigenvalue weighted by atomic mass is 9.78. The Kier molecular flexibility index (Phi) is 2.86. The number of amides is 1. The van der Waals surface area contributed by atoms with E-state index in [0.717, 1.165) is 38.2 Å². The molecule has 0 saturated carbocycles. The molecule has 0 atom stereocenters. The van der Waals surface area contributed by atoms with Crippen LogP contribution in [-0.4, -0.2) is 48.9 Å². The molecule has 0 N–H and O–H groups in total. The van der Waals surface area contributed by atoms with Crippen LogP contribution in [0.4, 0.5) is 4.39 Å². The minimum atomic E-state index is -0.408. The van der Waals surface area contributed by atoms with Crippen LogP contribution in [0, 0.1) is 18.2 Å². The Balaban J connectivity index is 1.74. The Labute approximate surface area is 113 Å². The Morgan fingerprint density at radius 1 is 1.32 bits per heavy atom. The molecule has 1 spiro atoms. The van der Waals surface area contributed by atoms with Crippen LogP contribution in [0.3, 0.4) is 0 Å². The molecule has 2 aliphatic heterocycles. The molecule has 2 saturated heterocycles. The predicted octanol–water partition coefficient (Wildman–Crippen LogP) is 1.91. The number of hydrogen-bond donors (Lipinski definition) is 0. The Morgan fingerprint density at radius 3 is 2.63 bits per heavy atom. The monoisotopic (exact) mass is 262 g/mol. The smallest absolute Gasteiger partial charge is 0.257 e. The lowest BCUT2D eigenvalue weighted by Gasteiger charge is -2.48. The van der Waals surface area contributed by atoms with Gasteiger partial charge in [0.05, 0.1) is 5.56 Å². The zero-order chi connectivity index (χ0) is 13.6. The first-order chi connectivity index (χ1) is 9.01. The van der Waals surface area contributed by atoms with Crippen molar-refractivity contribution in [2.24, 2.45) is 5.41 Å². The van der Waals surface area contributed by atoms with Crippen molar-refractivity contribution in [1.82, 2.24) is 9.80 Å². The second-order valence-corrected chi connectivity index (χ2v) is 6.08. The summed E-state index contributed by atoms with van der Waals surface area (Å²) in [6, 6.07) is 4.79. The number of halogens is 1. The summed E-state index contributed by atoms with van der Waals surface area (Å²) in [5, 5.41) is 0. The lowest BCUT2D eigenvalue weighted by molar-refractivity contribution is 0.0114. The van der Waals surface area contributed by atoms with Crippen LogP contribution in [-0.2, 0) is 0 Å². The van der Waals surface area contributed by atoms with Gasteiger partial charge in [0.2, 0.25) is 0 Å².